The van der Waals surface area contributed by atoms with Gasteiger partial charge in [0, 0.05) is 22.9 Å². The van der Waals surface area contributed by atoms with Crippen LogP contribution in [-0.4, -0.2) is 31.4 Å². The Morgan fingerprint density at radius 1 is 1.23 bits per heavy atom. The van der Waals surface area contributed by atoms with Crippen molar-refractivity contribution < 1.29 is 13.2 Å². The number of hydrogen-bond acceptors (Lipinski definition) is 4. The summed E-state index contributed by atoms with van der Waals surface area (Å²) in [6.45, 7) is 2.37. The molecule has 0 saturated carbocycles. The van der Waals surface area contributed by atoms with Gasteiger partial charge in [-0.1, -0.05) is 23.4 Å². The van der Waals surface area contributed by atoms with E-state index in [-0.39, 0.29) is 16.4 Å². The lowest BCUT2D eigenvalue weighted by Crippen LogP contribution is -2.12. The quantitative estimate of drug-likeness (QED) is 0.504. The van der Waals surface area contributed by atoms with Gasteiger partial charge in [-0.2, -0.15) is 13.2 Å². The van der Waals surface area contributed by atoms with E-state index in [1.54, 1.807) is 28.8 Å². The highest BCUT2D eigenvalue weighted by molar-refractivity contribution is 7.99. The molecule has 10 heteroatoms. The maximum absolute atomic E-state index is 12.3. The van der Waals surface area contributed by atoms with E-state index >= 15 is 0 Å². The topological polar surface area (TPSA) is 63.6 Å². The molecule has 2 heterocycles. The summed E-state index contributed by atoms with van der Waals surface area (Å²) in [6, 6.07) is 6.99. The summed E-state index contributed by atoms with van der Waals surface area (Å²) in [4.78, 5) is 23.5. The average Bonchev–Trinajstić information content (AvgIpc) is 2.93. The van der Waals surface area contributed by atoms with E-state index in [1.165, 1.54) is 0 Å². The molecule has 1 N–H and O–H groups in total. The summed E-state index contributed by atoms with van der Waals surface area (Å²) < 4.78 is 38.7. The van der Waals surface area contributed by atoms with Crippen LogP contribution >= 0.6 is 23.4 Å². The van der Waals surface area contributed by atoms with E-state index < -0.39 is 18.2 Å². The van der Waals surface area contributed by atoms with Crippen LogP contribution in [0.15, 0.2) is 34.2 Å². The number of aryl methyl sites for hydroxylation is 1. The number of aromatic nitrogens is 4. The zero-order valence-corrected chi connectivity index (χ0v) is 15.2. The molecular formula is C16H14ClF3N4OS. The highest BCUT2D eigenvalue weighted by Gasteiger charge is 2.26. The minimum absolute atomic E-state index is 0.143. The molecule has 138 valence electrons. The molecule has 26 heavy (non-hydrogen) atoms. The second-order valence-electron chi connectivity index (χ2n) is 5.44. The lowest BCUT2D eigenvalue weighted by molar-refractivity contribution is -0.129. The van der Waals surface area contributed by atoms with Gasteiger partial charge >= 0.3 is 6.18 Å². The van der Waals surface area contributed by atoms with Crippen molar-refractivity contribution in [3.63, 3.8) is 0 Å². The number of benzene rings is 1. The number of hydrogen-bond donors (Lipinski definition) is 1. The summed E-state index contributed by atoms with van der Waals surface area (Å²) in [5.74, 6) is 0.331. The summed E-state index contributed by atoms with van der Waals surface area (Å²) in [5, 5.41) is 0.719. The van der Waals surface area contributed by atoms with Crippen LogP contribution in [0.2, 0.25) is 5.02 Å². The third-order valence-electron chi connectivity index (χ3n) is 3.63. The van der Waals surface area contributed by atoms with Gasteiger partial charge in [-0.25, -0.2) is 9.97 Å². The van der Waals surface area contributed by atoms with E-state index in [1.807, 2.05) is 6.92 Å². The maximum Gasteiger partial charge on any atom is 0.389 e. The molecule has 0 spiro atoms. The fourth-order valence-corrected chi connectivity index (χ4v) is 3.41. The monoisotopic (exact) mass is 402 g/mol. The minimum atomic E-state index is -4.25. The highest BCUT2D eigenvalue weighted by atomic mass is 35.5. The van der Waals surface area contributed by atoms with E-state index in [2.05, 4.69) is 15.0 Å². The SMILES string of the molecule is CCn1c(-c2ccc(Cl)cc2)nc2c(=O)[nH]c(SCCC(F)(F)F)nc21. The smallest absolute Gasteiger partial charge is 0.309 e. The fourth-order valence-electron chi connectivity index (χ4n) is 2.44. The van der Waals surface area contributed by atoms with Crippen LogP contribution < -0.4 is 5.56 Å². The molecule has 0 radical (unpaired) electrons. The number of thioether (sulfide) groups is 1. The molecule has 0 bridgehead atoms. The Hall–Kier alpha value is -2.00. The lowest BCUT2D eigenvalue weighted by atomic mass is 10.2. The predicted octanol–water partition coefficient (Wildman–Crippen LogP) is 4.50. The Labute approximate surface area is 155 Å². The molecule has 0 unspecified atom stereocenters. The fraction of sp³-hybridized carbons (Fsp3) is 0.312. The number of nitrogens with one attached hydrogen (secondary N) is 1. The second-order valence-corrected chi connectivity index (χ2v) is 6.96. The number of nitrogens with zero attached hydrogens (tertiary/aromatic N) is 3. The molecule has 3 rings (SSSR count). The first-order valence-electron chi connectivity index (χ1n) is 7.74. The second kappa shape index (κ2) is 7.32. The van der Waals surface area contributed by atoms with Crippen LogP contribution in [0.1, 0.15) is 13.3 Å². The number of fused-ring (bicyclic) bond motifs is 1. The molecule has 0 amide bonds. The Bertz CT molecular complexity index is 982. The summed E-state index contributed by atoms with van der Waals surface area (Å²) in [7, 11) is 0. The molecule has 0 aliphatic carbocycles. The van der Waals surface area contributed by atoms with Crippen LogP contribution in [0, 0.1) is 0 Å². The first-order chi connectivity index (χ1) is 12.3. The first-order valence-corrected chi connectivity index (χ1v) is 9.11. The van der Waals surface area contributed by atoms with Crippen molar-refractivity contribution in [2.75, 3.05) is 5.75 Å². The first kappa shape index (κ1) is 18.8. The van der Waals surface area contributed by atoms with Gasteiger partial charge in [-0.15, -0.1) is 0 Å². The molecule has 0 aliphatic heterocycles. The Morgan fingerprint density at radius 2 is 1.92 bits per heavy atom. The van der Waals surface area contributed by atoms with E-state index in [0.29, 0.717) is 23.0 Å². The third kappa shape index (κ3) is 4.04. The number of rotatable bonds is 5. The third-order valence-corrected chi connectivity index (χ3v) is 4.75. The Morgan fingerprint density at radius 3 is 2.54 bits per heavy atom. The van der Waals surface area contributed by atoms with E-state index in [0.717, 1.165) is 17.3 Å². The molecule has 0 atom stereocenters. The van der Waals surface area contributed by atoms with Crippen LogP contribution in [0.5, 0.6) is 0 Å². The maximum atomic E-state index is 12.3. The molecule has 3 aromatic rings. The number of aromatic amines is 1. The van der Waals surface area contributed by atoms with Crippen molar-refractivity contribution in [3.8, 4) is 11.4 Å². The molecule has 0 saturated heterocycles. The number of halogens is 4. The van der Waals surface area contributed by atoms with Gasteiger partial charge in [0.05, 0.1) is 6.42 Å². The lowest BCUT2D eigenvalue weighted by Gasteiger charge is -2.07. The van der Waals surface area contributed by atoms with Gasteiger partial charge in [-0.05, 0) is 31.2 Å². The van der Waals surface area contributed by atoms with Gasteiger partial charge in [0.15, 0.2) is 16.3 Å². The number of alkyl halides is 3. The molecule has 5 nitrogen and oxygen atoms in total. The van der Waals surface area contributed by atoms with Gasteiger partial charge in [-0.3, -0.25) is 9.78 Å². The zero-order valence-electron chi connectivity index (χ0n) is 13.6. The minimum Gasteiger partial charge on any atom is -0.309 e. The van der Waals surface area contributed by atoms with Crippen molar-refractivity contribution in [3.05, 3.63) is 39.6 Å². The van der Waals surface area contributed by atoms with Crippen LogP contribution in [0.3, 0.4) is 0 Å². The van der Waals surface area contributed by atoms with Crippen LogP contribution in [0.4, 0.5) is 13.2 Å². The number of H-pyrrole nitrogens is 1. The van der Waals surface area contributed by atoms with Gasteiger partial charge < -0.3 is 4.57 Å². The summed E-state index contributed by atoms with van der Waals surface area (Å²) in [5.41, 5.74) is 0.777. The van der Waals surface area contributed by atoms with Gasteiger partial charge in [0.25, 0.3) is 5.56 Å². The Kier molecular flexibility index (Phi) is 5.29. The van der Waals surface area contributed by atoms with Crippen molar-refractivity contribution in [2.45, 2.75) is 31.2 Å². The van der Waals surface area contributed by atoms with Crippen molar-refractivity contribution >= 4 is 34.5 Å². The van der Waals surface area contributed by atoms with Crippen molar-refractivity contribution in [2.24, 2.45) is 0 Å². The molecule has 2 aromatic heterocycles. The normalized spacial score (nSPS) is 12.0. The molecule has 0 fully saturated rings. The average molecular weight is 403 g/mol. The Balaban J connectivity index is 2.01. The highest BCUT2D eigenvalue weighted by Crippen LogP contribution is 2.27. The number of imidazole rings is 1. The summed E-state index contributed by atoms with van der Waals surface area (Å²) in [6.07, 6.45) is -5.20. The summed E-state index contributed by atoms with van der Waals surface area (Å²) >= 11 is 6.76. The van der Waals surface area contributed by atoms with E-state index in [9.17, 15) is 18.0 Å². The molecule has 1 aromatic carbocycles. The zero-order chi connectivity index (χ0) is 18.9. The van der Waals surface area contributed by atoms with Crippen LogP contribution in [0.25, 0.3) is 22.6 Å². The van der Waals surface area contributed by atoms with E-state index in [4.69, 9.17) is 11.6 Å². The predicted molar refractivity (Wildman–Crippen MR) is 95.7 cm³/mol. The van der Waals surface area contributed by atoms with Crippen molar-refractivity contribution in [1.82, 2.24) is 19.5 Å². The van der Waals surface area contributed by atoms with Gasteiger partial charge in [0.1, 0.15) is 5.82 Å². The molecular weight excluding hydrogens is 389 g/mol. The molecule has 0 aliphatic rings. The van der Waals surface area contributed by atoms with Gasteiger partial charge in [0.2, 0.25) is 0 Å². The van der Waals surface area contributed by atoms with Crippen molar-refractivity contribution in [1.29, 1.82) is 0 Å². The van der Waals surface area contributed by atoms with Crippen LogP contribution in [-0.2, 0) is 6.54 Å². The largest absolute Gasteiger partial charge is 0.389 e. The standard InChI is InChI=1S/C16H14ClF3N4OS/c1-2-24-12(9-3-5-10(17)6-4-9)21-11-13(24)22-15(23-14(11)25)26-8-7-16(18,19)20/h3-6H,2,7-8H2,1H3,(H,22,23,25).